The minimum Gasteiger partial charge on any atom is -0.471 e. The zero-order valence-electron chi connectivity index (χ0n) is 13.4. The molecule has 0 N–H and O–H groups in total. The SMILES string of the molecule is C[C@@H]1CN(C(=O)c2ccn(COc3ccccc3)n2)C[C@@H](C)O1. The van der Waals surface area contributed by atoms with E-state index in [9.17, 15) is 4.79 Å². The molecule has 1 aliphatic heterocycles. The number of hydrogen-bond acceptors (Lipinski definition) is 4. The van der Waals surface area contributed by atoms with Crippen molar-refractivity contribution in [2.45, 2.75) is 32.8 Å². The molecule has 2 aromatic rings. The smallest absolute Gasteiger partial charge is 0.274 e. The van der Waals surface area contributed by atoms with Crippen molar-refractivity contribution in [2.24, 2.45) is 0 Å². The highest BCUT2D eigenvalue weighted by Gasteiger charge is 2.27. The largest absolute Gasteiger partial charge is 0.471 e. The van der Waals surface area contributed by atoms with Gasteiger partial charge in [-0.3, -0.25) is 4.79 Å². The van der Waals surface area contributed by atoms with Gasteiger partial charge in [-0.15, -0.1) is 0 Å². The van der Waals surface area contributed by atoms with Gasteiger partial charge in [-0.05, 0) is 32.0 Å². The van der Waals surface area contributed by atoms with E-state index in [0.29, 0.717) is 18.8 Å². The van der Waals surface area contributed by atoms with Crippen LogP contribution in [0.2, 0.25) is 0 Å². The van der Waals surface area contributed by atoms with E-state index in [4.69, 9.17) is 9.47 Å². The van der Waals surface area contributed by atoms with Crippen LogP contribution in [-0.2, 0) is 11.5 Å². The molecule has 23 heavy (non-hydrogen) atoms. The van der Waals surface area contributed by atoms with Gasteiger partial charge in [0.05, 0.1) is 12.2 Å². The average molecular weight is 315 g/mol. The summed E-state index contributed by atoms with van der Waals surface area (Å²) in [5, 5.41) is 4.31. The molecule has 6 heteroatoms. The van der Waals surface area contributed by atoms with Gasteiger partial charge in [-0.1, -0.05) is 18.2 Å². The van der Waals surface area contributed by atoms with Crippen molar-refractivity contribution in [1.82, 2.24) is 14.7 Å². The Morgan fingerprint density at radius 3 is 2.61 bits per heavy atom. The third-order valence-corrected chi connectivity index (χ3v) is 3.67. The van der Waals surface area contributed by atoms with Gasteiger partial charge in [-0.25, -0.2) is 4.68 Å². The molecule has 0 radical (unpaired) electrons. The topological polar surface area (TPSA) is 56.6 Å². The first-order chi connectivity index (χ1) is 11.1. The maximum atomic E-state index is 12.5. The highest BCUT2D eigenvalue weighted by molar-refractivity contribution is 5.92. The Bertz CT molecular complexity index is 646. The van der Waals surface area contributed by atoms with Crippen LogP contribution in [0.1, 0.15) is 24.3 Å². The Kier molecular flexibility index (Phi) is 4.62. The van der Waals surface area contributed by atoms with Crippen LogP contribution >= 0.6 is 0 Å². The lowest BCUT2D eigenvalue weighted by Gasteiger charge is -2.34. The van der Waals surface area contributed by atoms with Crippen molar-refractivity contribution < 1.29 is 14.3 Å². The van der Waals surface area contributed by atoms with Gasteiger partial charge in [0.2, 0.25) is 0 Å². The summed E-state index contributed by atoms with van der Waals surface area (Å²) in [6.45, 7) is 5.41. The maximum Gasteiger partial charge on any atom is 0.274 e. The summed E-state index contributed by atoms with van der Waals surface area (Å²) in [4.78, 5) is 14.3. The summed E-state index contributed by atoms with van der Waals surface area (Å²) in [6.07, 6.45) is 1.85. The summed E-state index contributed by atoms with van der Waals surface area (Å²) in [6, 6.07) is 11.2. The van der Waals surface area contributed by atoms with E-state index in [1.165, 1.54) is 0 Å². The number of ether oxygens (including phenoxy) is 2. The van der Waals surface area contributed by atoms with E-state index >= 15 is 0 Å². The number of hydrogen-bond donors (Lipinski definition) is 0. The summed E-state index contributed by atoms with van der Waals surface area (Å²) in [5.41, 5.74) is 0.433. The van der Waals surface area contributed by atoms with Gasteiger partial charge in [0.1, 0.15) is 5.75 Å². The number of para-hydroxylation sites is 1. The number of morpholine rings is 1. The van der Waals surface area contributed by atoms with Crippen LogP contribution in [0.3, 0.4) is 0 Å². The molecule has 0 bridgehead atoms. The molecule has 1 saturated heterocycles. The molecule has 0 aliphatic carbocycles. The van der Waals surface area contributed by atoms with Gasteiger partial charge < -0.3 is 14.4 Å². The summed E-state index contributed by atoms with van der Waals surface area (Å²) in [5.74, 6) is 0.706. The van der Waals surface area contributed by atoms with Crippen molar-refractivity contribution in [3.05, 3.63) is 48.3 Å². The predicted molar refractivity (Wildman–Crippen MR) is 85.2 cm³/mol. The van der Waals surface area contributed by atoms with E-state index in [-0.39, 0.29) is 24.8 Å². The fraction of sp³-hybridized carbons (Fsp3) is 0.412. The predicted octanol–water partition coefficient (Wildman–Crippen LogP) is 2.17. The van der Waals surface area contributed by atoms with Crippen LogP contribution in [0.25, 0.3) is 0 Å². The molecule has 1 amide bonds. The van der Waals surface area contributed by atoms with Gasteiger partial charge in [-0.2, -0.15) is 5.10 Å². The Balaban J connectivity index is 1.61. The van der Waals surface area contributed by atoms with E-state index in [1.807, 2.05) is 44.2 Å². The molecule has 1 aliphatic rings. The molecule has 1 aromatic carbocycles. The lowest BCUT2D eigenvalue weighted by atomic mass is 10.2. The molecule has 2 heterocycles. The minimum atomic E-state index is -0.0644. The van der Waals surface area contributed by atoms with Crippen LogP contribution in [0, 0.1) is 0 Å². The number of nitrogens with zero attached hydrogens (tertiary/aromatic N) is 3. The van der Waals surface area contributed by atoms with Crippen LogP contribution in [0.15, 0.2) is 42.6 Å². The highest BCUT2D eigenvalue weighted by atomic mass is 16.5. The Hall–Kier alpha value is -2.34. The van der Waals surface area contributed by atoms with Gasteiger partial charge in [0.15, 0.2) is 12.4 Å². The zero-order valence-corrected chi connectivity index (χ0v) is 13.4. The second kappa shape index (κ2) is 6.83. The van der Waals surface area contributed by atoms with Gasteiger partial charge >= 0.3 is 0 Å². The second-order valence-electron chi connectivity index (χ2n) is 5.79. The number of benzene rings is 1. The lowest BCUT2D eigenvalue weighted by Crippen LogP contribution is -2.48. The summed E-state index contributed by atoms with van der Waals surface area (Å²) < 4.78 is 12.9. The first kappa shape index (κ1) is 15.6. The van der Waals surface area contributed by atoms with Gasteiger partial charge in [0.25, 0.3) is 5.91 Å². The van der Waals surface area contributed by atoms with E-state index in [1.54, 1.807) is 21.8 Å². The van der Waals surface area contributed by atoms with Crippen LogP contribution in [-0.4, -0.2) is 45.9 Å². The first-order valence-corrected chi connectivity index (χ1v) is 7.78. The summed E-state index contributed by atoms with van der Waals surface area (Å²) in [7, 11) is 0. The molecule has 6 nitrogen and oxygen atoms in total. The van der Waals surface area contributed by atoms with E-state index in [0.717, 1.165) is 5.75 Å². The van der Waals surface area contributed by atoms with Gasteiger partial charge in [0, 0.05) is 19.3 Å². The molecule has 122 valence electrons. The molecule has 1 fully saturated rings. The average Bonchev–Trinajstić information content (AvgIpc) is 3.01. The Morgan fingerprint density at radius 2 is 1.91 bits per heavy atom. The molecular formula is C17H21N3O3. The van der Waals surface area contributed by atoms with Crippen LogP contribution in [0.5, 0.6) is 5.75 Å². The number of carbonyl (C=O) groups excluding carboxylic acids is 1. The molecule has 1 aromatic heterocycles. The van der Waals surface area contributed by atoms with Crippen LogP contribution < -0.4 is 4.74 Å². The van der Waals surface area contributed by atoms with Crippen molar-refractivity contribution in [3.63, 3.8) is 0 Å². The number of carbonyl (C=O) groups is 1. The highest BCUT2D eigenvalue weighted by Crippen LogP contribution is 2.14. The Labute approximate surface area is 135 Å². The monoisotopic (exact) mass is 315 g/mol. The van der Waals surface area contributed by atoms with Crippen molar-refractivity contribution in [2.75, 3.05) is 13.1 Å². The normalized spacial score (nSPS) is 21.2. The molecular weight excluding hydrogens is 294 g/mol. The summed E-state index contributed by atoms with van der Waals surface area (Å²) >= 11 is 0. The molecule has 3 rings (SSSR count). The minimum absolute atomic E-state index is 0.0474. The molecule has 0 saturated carbocycles. The number of aromatic nitrogens is 2. The third kappa shape index (κ3) is 3.90. The number of rotatable bonds is 4. The Morgan fingerprint density at radius 1 is 1.22 bits per heavy atom. The van der Waals surface area contributed by atoms with Crippen molar-refractivity contribution in [3.8, 4) is 5.75 Å². The van der Waals surface area contributed by atoms with Crippen molar-refractivity contribution in [1.29, 1.82) is 0 Å². The first-order valence-electron chi connectivity index (χ1n) is 7.78. The quantitative estimate of drug-likeness (QED) is 0.867. The van der Waals surface area contributed by atoms with E-state index in [2.05, 4.69) is 5.10 Å². The molecule has 0 unspecified atom stereocenters. The van der Waals surface area contributed by atoms with Crippen LogP contribution in [0.4, 0.5) is 0 Å². The lowest BCUT2D eigenvalue weighted by molar-refractivity contribution is -0.0587. The van der Waals surface area contributed by atoms with Crippen molar-refractivity contribution >= 4 is 5.91 Å². The molecule has 2 atom stereocenters. The fourth-order valence-corrected chi connectivity index (χ4v) is 2.71. The second-order valence-corrected chi connectivity index (χ2v) is 5.79. The fourth-order valence-electron chi connectivity index (χ4n) is 2.71. The number of amides is 1. The van der Waals surface area contributed by atoms with E-state index < -0.39 is 0 Å². The standard InChI is InChI=1S/C17H21N3O3/c1-13-10-19(11-14(2)23-13)17(21)16-8-9-20(18-16)12-22-15-6-4-3-5-7-15/h3-9,13-14H,10-12H2,1-2H3/t13-,14-/m1/s1. The third-order valence-electron chi connectivity index (χ3n) is 3.67. The molecule has 0 spiro atoms. The maximum absolute atomic E-state index is 12.5. The zero-order chi connectivity index (χ0) is 16.2.